The van der Waals surface area contributed by atoms with E-state index in [1.807, 2.05) is 30.3 Å². The molecule has 0 aliphatic carbocycles. The van der Waals surface area contributed by atoms with E-state index in [9.17, 15) is 0 Å². The van der Waals surface area contributed by atoms with Crippen LogP contribution in [0.1, 0.15) is 0 Å². The summed E-state index contributed by atoms with van der Waals surface area (Å²) >= 11 is 0. The maximum Gasteiger partial charge on any atom is 0.164 e. The number of fused-ring (bicyclic) bond motifs is 18. The van der Waals surface area contributed by atoms with Crippen molar-refractivity contribution < 1.29 is 13.3 Å². The van der Waals surface area contributed by atoms with Crippen LogP contribution in [0.3, 0.4) is 0 Å². The Morgan fingerprint density at radius 3 is 0.949 bits per heavy atom. The summed E-state index contributed by atoms with van der Waals surface area (Å²) in [5, 5.41) is 22.1. The highest BCUT2D eigenvalue weighted by molar-refractivity contribution is 6.22. The zero-order valence-corrected chi connectivity index (χ0v) is 63.2. The summed E-state index contributed by atoms with van der Waals surface area (Å²) in [7, 11) is 0. The predicted octanol–water partition coefficient (Wildman–Crippen LogP) is 28.8. The fourth-order valence-corrected chi connectivity index (χ4v) is 18.3. The highest BCUT2D eigenvalue weighted by Crippen LogP contribution is 2.48. The molecular weight excluding hydrogens is 1440 g/mol. The van der Waals surface area contributed by atoms with Gasteiger partial charge in [0, 0.05) is 82.2 Å². The Labute approximate surface area is 674 Å². The number of hydrogen-bond donors (Lipinski definition) is 0. The summed E-state index contributed by atoms with van der Waals surface area (Å²) in [4.78, 5) is 32.0. The molecule has 6 aromatic heterocycles. The van der Waals surface area contributed by atoms with Gasteiger partial charge in [-0.05, 0) is 172 Å². The minimum Gasteiger partial charge on any atom is -0.456 e. The quantitative estimate of drug-likeness (QED) is 0.139. The van der Waals surface area contributed by atoms with Crippen LogP contribution < -0.4 is 0 Å². The van der Waals surface area contributed by atoms with Crippen LogP contribution >= 0.6 is 0 Å². The van der Waals surface area contributed by atoms with Gasteiger partial charge in [0.2, 0.25) is 0 Å². The van der Waals surface area contributed by atoms with Gasteiger partial charge in [0.15, 0.2) is 34.9 Å². The lowest BCUT2D eigenvalue weighted by atomic mass is 9.92. The van der Waals surface area contributed by atoms with E-state index in [-0.39, 0.29) is 0 Å². The van der Waals surface area contributed by atoms with Gasteiger partial charge in [0.25, 0.3) is 0 Å². The zero-order chi connectivity index (χ0) is 77.5. The monoisotopic (exact) mass is 1510 g/mol. The normalized spacial score (nSPS) is 11.9. The Balaban J connectivity index is 0.000000135. The largest absolute Gasteiger partial charge is 0.456 e. The first-order valence-corrected chi connectivity index (χ1v) is 39.7. The molecule has 0 bridgehead atoms. The average Bonchev–Trinajstić information content (AvgIpc) is 1.53. The van der Waals surface area contributed by atoms with Gasteiger partial charge >= 0.3 is 0 Å². The number of hydrogen-bond acceptors (Lipinski definition) is 9. The maximum absolute atomic E-state index is 6.52. The predicted molar refractivity (Wildman–Crippen MR) is 484 cm³/mol. The summed E-state index contributed by atoms with van der Waals surface area (Å²) in [5.41, 5.74) is 18.5. The van der Waals surface area contributed by atoms with Crippen LogP contribution in [-0.4, -0.2) is 34.5 Å². The van der Waals surface area contributed by atoms with Crippen molar-refractivity contribution in [3.8, 4) is 96.3 Å². The molecule has 0 saturated heterocycles. The van der Waals surface area contributed by atoms with Crippen molar-refractivity contribution in [2.24, 2.45) is 0 Å². The molecule has 548 valence electrons. The number of furan rings is 3. The van der Waals surface area contributed by atoms with Crippen LogP contribution in [0.25, 0.3) is 249 Å². The van der Waals surface area contributed by atoms with Gasteiger partial charge in [0.1, 0.15) is 33.5 Å². The number of nitrogens with zero attached hydrogens (tertiary/aromatic N) is 7. The Bertz CT molecular complexity index is 8480. The fraction of sp³-hybridized carbons (Fsp3) is 0. The minimum atomic E-state index is 0.588. The van der Waals surface area contributed by atoms with Gasteiger partial charge in [-0.15, -0.1) is 0 Å². The Kier molecular flexibility index (Phi) is 15.1. The lowest BCUT2D eigenvalue weighted by molar-refractivity contribution is 0.668. The third-order valence-electron chi connectivity index (χ3n) is 23.6. The Hall–Kier alpha value is -16.0. The Morgan fingerprint density at radius 1 is 0.161 bits per heavy atom. The summed E-state index contributed by atoms with van der Waals surface area (Å²) in [6.45, 7) is 0. The van der Waals surface area contributed by atoms with E-state index < -0.39 is 0 Å². The van der Waals surface area contributed by atoms with Crippen LogP contribution in [0.4, 0.5) is 0 Å². The molecule has 10 heteroatoms. The topological polar surface area (TPSA) is 122 Å². The second-order valence-corrected chi connectivity index (χ2v) is 30.2. The molecule has 6 heterocycles. The van der Waals surface area contributed by atoms with Crippen molar-refractivity contribution in [1.29, 1.82) is 0 Å². The summed E-state index contributed by atoms with van der Waals surface area (Å²) in [6.07, 6.45) is 0. The molecule has 10 nitrogen and oxygen atoms in total. The van der Waals surface area contributed by atoms with Crippen LogP contribution in [0.5, 0.6) is 0 Å². The van der Waals surface area contributed by atoms with Crippen molar-refractivity contribution in [3.05, 3.63) is 382 Å². The van der Waals surface area contributed by atoms with Gasteiger partial charge in [-0.2, -0.15) is 0 Å². The zero-order valence-electron chi connectivity index (χ0n) is 63.2. The van der Waals surface area contributed by atoms with Gasteiger partial charge in [0.05, 0.1) is 11.0 Å². The van der Waals surface area contributed by atoms with E-state index in [0.29, 0.717) is 34.9 Å². The maximum atomic E-state index is 6.52. The summed E-state index contributed by atoms with van der Waals surface area (Å²) < 4.78 is 21.7. The molecule has 0 atom stereocenters. The Morgan fingerprint density at radius 2 is 0.458 bits per heavy atom. The highest BCUT2D eigenvalue weighted by atomic mass is 16.3. The van der Waals surface area contributed by atoms with Crippen LogP contribution in [-0.2, 0) is 0 Å². The summed E-state index contributed by atoms with van der Waals surface area (Å²) in [6, 6.07) is 134. The molecule has 25 aromatic rings. The molecule has 0 N–H and O–H groups in total. The van der Waals surface area contributed by atoms with E-state index >= 15 is 0 Å². The lowest BCUT2D eigenvalue weighted by Crippen LogP contribution is -2.01. The van der Waals surface area contributed by atoms with Crippen molar-refractivity contribution in [2.75, 3.05) is 0 Å². The molecule has 118 heavy (non-hydrogen) atoms. The summed E-state index contributed by atoms with van der Waals surface area (Å²) in [5.74, 6) is 3.66. The SMILES string of the molecule is c1ccc(-n2c3ccccc3c3c(-c4nc(-c5cccc6ccccc56)nc(-c5ccc(-c6cccc7oc8cc9ccccc9cc8c67)c6ccccc56)n4)cccc32)cc1.c1ccc2cc3c(cc2c1)oc1cccc(-c2ccc(-c4nc(-c5cccc6ccccc56)nc(-c5cccc6oc7ccccc7c56)n4)c4ccccc24)c13. The third-order valence-corrected chi connectivity index (χ3v) is 23.6. The highest BCUT2D eigenvalue weighted by Gasteiger charge is 2.26. The first kappa shape index (κ1) is 66.6. The molecule has 0 fully saturated rings. The van der Waals surface area contributed by atoms with Crippen LogP contribution in [0.2, 0.25) is 0 Å². The number of para-hydroxylation sites is 3. The second kappa shape index (κ2) is 26.8. The second-order valence-electron chi connectivity index (χ2n) is 30.2. The van der Waals surface area contributed by atoms with Gasteiger partial charge < -0.3 is 17.8 Å². The number of aromatic nitrogens is 7. The molecule has 0 aliphatic heterocycles. The first-order chi connectivity index (χ1) is 58.5. The fourth-order valence-electron chi connectivity index (χ4n) is 18.3. The van der Waals surface area contributed by atoms with Crippen molar-refractivity contribution in [1.82, 2.24) is 34.5 Å². The lowest BCUT2D eigenvalue weighted by Gasteiger charge is -2.14. The average molecular weight is 1510 g/mol. The first-order valence-electron chi connectivity index (χ1n) is 39.7. The van der Waals surface area contributed by atoms with E-state index in [0.717, 1.165) is 203 Å². The van der Waals surface area contributed by atoms with E-state index in [1.165, 1.54) is 10.8 Å². The van der Waals surface area contributed by atoms with Crippen LogP contribution in [0, 0.1) is 0 Å². The van der Waals surface area contributed by atoms with Crippen molar-refractivity contribution in [3.63, 3.8) is 0 Å². The molecule has 0 aliphatic rings. The number of benzene rings is 19. The molecule has 0 unspecified atom stereocenters. The molecule has 25 rings (SSSR count). The molecule has 19 aromatic carbocycles. The molecule has 0 spiro atoms. The third kappa shape index (κ3) is 10.7. The number of rotatable bonds is 9. The van der Waals surface area contributed by atoms with E-state index in [4.69, 9.17) is 43.2 Å². The van der Waals surface area contributed by atoms with Gasteiger partial charge in [-0.25, -0.2) is 29.9 Å². The van der Waals surface area contributed by atoms with Crippen molar-refractivity contribution in [2.45, 2.75) is 0 Å². The molecule has 0 amide bonds. The van der Waals surface area contributed by atoms with Gasteiger partial charge in [-0.3, -0.25) is 0 Å². The standard InChI is InChI=1S/C57H34N4O.C51H29N3O2/c1-2-19-38(20-3-1)61-49-28-11-10-24-46(49)53-47(27-13-29-50(53)61)57-59-55(44-26-12-18-35-15-6-7-21-39(35)44)58-56(60-57)45-32-31-42(40-22-8-9-23-41(40)45)43-25-14-30-51-54(43)48-33-36-16-4-5-17-37(36)34-52(48)62-51;1-2-14-32-29-46-42(28-31(32)13-1)47-37(20-10-24-44(47)56-46)36-26-27-39(35-18-6-5-17-34(35)36)50-52-49(38-21-9-15-30-12-3-4-16-33(30)38)53-51(54-50)41-22-11-25-45-48(41)40-19-7-8-23-43(40)55-45/h1-34H;1-29H. The molecule has 0 saturated carbocycles. The van der Waals surface area contributed by atoms with E-state index in [2.05, 4.69) is 356 Å². The van der Waals surface area contributed by atoms with Crippen molar-refractivity contribution >= 4 is 152 Å². The molecule has 0 radical (unpaired) electrons. The smallest absolute Gasteiger partial charge is 0.164 e. The molecular formula is C108H63N7O3. The van der Waals surface area contributed by atoms with E-state index in [1.54, 1.807) is 0 Å². The van der Waals surface area contributed by atoms with Crippen LogP contribution in [0.15, 0.2) is 395 Å². The van der Waals surface area contributed by atoms with Gasteiger partial charge in [-0.1, -0.05) is 297 Å². The minimum absolute atomic E-state index is 0.588.